The summed E-state index contributed by atoms with van der Waals surface area (Å²) in [5, 5.41) is 6.18. The quantitative estimate of drug-likeness (QED) is 0.322. The van der Waals surface area contributed by atoms with Gasteiger partial charge in [0.05, 0.1) is 16.0 Å². The van der Waals surface area contributed by atoms with Crippen LogP contribution in [0.1, 0.15) is 40.8 Å². The van der Waals surface area contributed by atoms with Gasteiger partial charge in [-0.25, -0.2) is 4.98 Å². The Morgan fingerprint density at radius 2 is 1.94 bits per heavy atom. The first-order valence-corrected chi connectivity index (χ1v) is 12.2. The van der Waals surface area contributed by atoms with Gasteiger partial charge in [0, 0.05) is 17.9 Å². The Hall–Kier alpha value is -3.10. The molecule has 4 rings (SSSR count). The van der Waals surface area contributed by atoms with Crippen LogP contribution in [0.25, 0.3) is 10.2 Å². The Morgan fingerprint density at radius 3 is 2.75 bits per heavy atom. The zero-order valence-corrected chi connectivity index (χ0v) is 19.4. The summed E-state index contributed by atoms with van der Waals surface area (Å²) in [6.07, 6.45) is 0.396. The van der Waals surface area contributed by atoms with Gasteiger partial charge < -0.3 is 15.1 Å². The highest BCUT2D eigenvalue weighted by Crippen LogP contribution is 2.29. The molecule has 2 aromatic heterocycles. The lowest BCUT2D eigenvalue weighted by atomic mass is 10.2. The van der Waals surface area contributed by atoms with Crippen LogP contribution >= 0.6 is 23.1 Å². The number of anilines is 2. The van der Waals surface area contributed by atoms with Crippen molar-refractivity contribution in [2.75, 3.05) is 10.6 Å². The second kappa shape index (κ2) is 10.0. The van der Waals surface area contributed by atoms with Crippen molar-refractivity contribution in [3.8, 4) is 0 Å². The molecule has 32 heavy (non-hydrogen) atoms. The van der Waals surface area contributed by atoms with Crippen LogP contribution in [0.5, 0.6) is 0 Å². The fraction of sp³-hybridized carbons (Fsp3) is 0.208. The molecule has 0 atom stereocenters. The van der Waals surface area contributed by atoms with E-state index in [2.05, 4.69) is 46.8 Å². The standard InChI is InChI=1S/C24H23N3O3S2/c1-3-22(28)27-24-26-19-9-7-17(12-21(19)32-24)25-23(29)20-10-8-18(30-20)14-31-13-16-6-4-5-15(2)11-16/h4-12H,3,13-14H2,1-2H3,(H,25,29)(H,26,27,28). The van der Waals surface area contributed by atoms with Crippen LogP contribution in [-0.4, -0.2) is 16.8 Å². The van der Waals surface area contributed by atoms with Crippen LogP contribution < -0.4 is 10.6 Å². The van der Waals surface area contributed by atoms with Crippen molar-refractivity contribution in [3.05, 3.63) is 77.2 Å². The fourth-order valence-electron chi connectivity index (χ4n) is 3.11. The summed E-state index contributed by atoms with van der Waals surface area (Å²) < 4.78 is 6.61. The number of hydrogen-bond acceptors (Lipinski definition) is 6. The van der Waals surface area contributed by atoms with E-state index >= 15 is 0 Å². The smallest absolute Gasteiger partial charge is 0.291 e. The summed E-state index contributed by atoms with van der Waals surface area (Å²) in [5.41, 5.74) is 3.94. The van der Waals surface area contributed by atoms with Crippen molar-refractivity contribution < 1.29 is 14.0 Å². The number of furan rings is 1. The number of hydrogen-bond donors (Lipinski definition) is 2. The molecule has 2 heterocycles. The number of thioether (sulfide) groups is 1. The molecule has 0 radical (unpaired) electrons. The molecule has 4 aromatic rings. The van der Waals surface area contributed by atoms with Gasteiger partial charge in [0.25, 0.3) is 5.91 Å². The maximum Gasteiger partial charge on any atom is 0.291 e. The van der Waals surface area contributed by atoms with Crippen LogP contribution in [0.2, 0.25) is 0 Å². The molecule has 0 fully saturated rings. The molecule has 0 aliphatic rings. The van der Waals surface area contributed by atoms with Crippen LogP contribution in [0, 0.1) is 6.92 Å². The summed E-state index contributed by atoms with van der Waals surface area (Å²) in [4.78, 5) is 28.6. The Balaban J connectivity index is 1.35. The van der Waals surface area contributed by atoms with Gasteiger partial charge in [0.1, 0.15) is 5.76 Å². The highest BCUT2D eigenvalue weighted by atomic mass is 32.2. The largest absolute Gasteiger partial charge is 0.455 e. The second-order valence-electron chi connectivity index (χ2n) is 7.31. The van der Waals surface area contributed by atoms with Crippen molar-refractivity contribution in [1.29, 1.82) is 0 Å². The highest BCUT2D eigenvalue weighted by molar-refractivity contribution is 7.97. The minimum Gasteiger partial charge on any atom is -0.455 e. The fourth-order valence-corrected chi connectivity index (χ4v) is 4.90. The van der Waals surface area contributed by atoms with E-state index in [0.717, 1.165) is 21.7 Å². The van der Waals surface area contributed by atoms with Crippen molar-refractivity contribution in [1.82, 2.24) is 4.98 Å². The van der Waals surface area contributed by atoms with E-state index in [1.807, 2.05) is 18.2 Å². The van der Waals surface area contributed by atoms with Gasteiger partial charge >= 0.3 is 0 Å². The topological polar surface area (TPSA) is 84.2 Å². The van der Waals surface area contributed by atoms with Crippen molar-refractivity contribution in [3.63, 3.8) is 0 Å². The number of carbonyl (C=O) groups excluding carboxylic acids is 2. The molecule has 0 aliphatic carbocycles. The van der Waals surface area contributed by atoms with E-state index in [1.165, 1.54) is 22.5 Å². The van der Waals surface area contributed by atoms with Gasteiger partial charge in [-0.1, -0.05) is 48.1 Å². The lowest BCUT2D eigenvalue weighted by Crippen LogP contribution is -2.10. The molecule has 2 aromatic carbocycles. The third-order valence-electron chi connectivity index (χ3n) is 4.69. The van der Waals surface area contributed by atoms with Gasteiger partial charge in [0.2, 0.25) is 5.91 Å². The van der Waals surface area contributed by atoms with E-state index in [-0.39, 0.29) is 17.6 Å². The summed E-state index contributed by atoms with van der Waals surface area (Å²) in [7, 11) is 0. The zero-order chi connectivity index (χ0) is 22.5. The maximum absolute atomic E-state index is 12.6. The summed E-state index contributed by atoms with van der Waals surface area (Å²) in [6, 6.07) is 17.4. The van der Waals surface area contributed by atoms with Gasteiger partial charge in [-0.15, -0.1) is 11.8 Å². The van der Waals surface area contributed by atoms with Crippen molar-refractivity contribution in [2.24, 2.45) is 0 Å². The van der Waals surface area contributed by atoms with Crippen LogP contribution in [0.4, 0.5) is 10.8 Å². The molecule has 2 N–H and O–H groups in total. The van der Waals surface area contributed by atoms with E-state index in [9.17, 15) is 9.59 Å². The van der Waals surface area contributed by atoms with Gasteiger partial charge in [-0.05, 0) is 42.8 Å². The van der Waals surface area contributed by atoms with Gasteiger partial charge in [-0.2, -0.15) is 0 Å². The molecule has 6 nitrogen and oxygen atoms in total. The summed E-state index contributed by atoms with van der Waals surface area (Å²) in [6.45, 7) is 3.88. The predicted molar refractivity (Wildman–Crippen MR) is 131 cm³/mol. The molecule has 0 bridgehead atoms. The van der Waals surface area contributed by atoms with E-state index < -0.39 is 0 Å². The normalized spacial score (nSPS) is 10.9. The third-order valence-corrected chi connectivity index (χ3v) is 6.65. The lowest BCUT2D eigenvalue weighted by Gasteiger charge is -2.03. The minimum absolute atomic E-state index is 0.0803. The molecule has 0 spiro atoms. The number of benzene rings is 2. The van der Waals surface area contributed by atoms with Gasteiger partial charge in [-0.3, -0.25) is 9.59 Å². The Morgan fingerprint density at radius 1 is 1.06 bits per heavy atom. The molecule has 0 unspecified atom stereocenters. The first kappa shape index (κ1) is 22.1. The number of carbonyl (C=O) groups is 2. The predicted octanol–water partition coefficient (Wildman–Crippen LogP) is 6.23. The lowest BCUT2D eigenvalue weighted by molar-refractivity contribution is -0.115. The molecule has 2 amide bonds. The third kappa shape index (κ3) is 5.57. The average molecular weight is 466 g/mol. The first-order chi connectivity index (χ1) is 15.5. The molecule has 164 valence electrons. The van der Waals surface area contributed by atoms with Crippen LogP contribution in [-0.2, 0) is 16.3 Å². The van der Waals surface area contributed by atoms with Gasteiger partial charge in [0.15, 0.2) is 10.9 Å². The summed E-state index contributed by atoms with van der Waals surface area (Å²) in [5.74, 6) is 2.24. The molecular formula is C24H23N3O3S2. The SMILES string of the molecule is CCC(=O)Nc1nc2ccc(NC(=O)c3ccc(CSCc4cccc(C)c4)o3)cc2s1. The van der Waals surface area contributed by atoms with E-state index in [4.69, 9.17) is 4.42 Å². The Bertz CT molecular complexity index is 1260. The molecule has 0 saturated heterocycles. The molecule has 0 saturated carbocycles. The Kier molecular flexibility index (Phi) is 6.92. The molecular weight excluding hydrogens is 442 g/mol. The number of amides is 2. The van der Waals surface area contributed by atoms with E-state index in [0.29, 0.717) is 23.0 Å². The number of nitrogens with zero attached hydrogens (tertiary/aromatic N) is 1. The summed E-state index contributed by atoms with van der Waals surface area (Å²) >= 11 is 3.12. The maximum atomic E-state index is 12.6. The minimum atomic E-state index is -0.302. The number of aryl methyl sites for hydroxylation is 1. The first-order valence-electron chi connectivity index (χ1n) is 10.2. The second-order valence-corrected chi connectivity index (χ2v) is 9.32. The zero-order valence-electron chi connectivity index (χ0n) is 17.8. The van der Waals surface area contributed by atoms with E-state index in [1.54, 1.807) is 30.8 Å². The molecule has 8 heteroatoms. The highest BCUT2D eigenvalue weighted by Gasteiger charge is 2.13. The molecule has 0 aliphatic heterocycles. The van der Waals surface area contributed by atoms with Crippen LogP contribution in [0.3, 0.4) is 0 Å². The Labute approximate surface area is 194 Å². The number of fused-ring (bicyclic) bond motifs is 1. The number of aromatic nitrogens is 1. The number of nitrogens with one attached hydrogen (secondary N) is 2. The number of thiazole rings is 1. The monoisotopic (exact) mass is 465 g/mol. The van der Waals surface area contributed by atoms with Crippen molar-refractivity contribution >= 4 is 55.9 Å². The van der Waals surface area contributed by atoms with Crippen molar-refractivity contribution in [2.45, 2.75) is 31.8 Å². The van der Waals surface area contributed by atoms with Crippen LogP contribution in [0.15, 0.2) is 59.0 Å². The number of rotatable bonds is 8. The average Bonchev–Trinajstić information content (AvgIpc) is 3.40.